The Morgan fingerprint density at radius 2 is 1.40 bits per heavy atom. The van der Waals surface area contributed by atoms with Crippen LogP contribution in [-0.4, -0.2) is 28.3 Å². The highest BCUT2D eigenvalue weighted by Crippen LogP contribution is 2.43. The molecule has 0 bridgehead atoms. The number of piperidine rings is 1. The van der Waals surface area contributed by atoms with E-state index in [-0.39, 0.29) is 17.0 Å². The molecular weight excluding hydrogens is 312 g/mol. The molecule has 1 amide bonds. The van der Waals surface area contributed by atoms with Crippen LogP contribution in [0.3, 0.4) is 0 Å². The van der Waals surface area contributed by atoms with E-state index in [1.54, 1.807) is 0 Å². The highest BCUT2D eigenvalue weighted by Gasteiger charge is 2.58. The number of nitrogens with one attached hydrogen (secondary N) is 2. The van der Waals surface area contributed by atoms with Gasteiger partial charge in [0, 0.05) is 23.9 Å². The van der Waals surface area contributed by atoms with Gasteiger partial charge >= 0.3 is 0 Å². The Bertz CT molecular complexity index is 457. The molecule has 2 heterocycles. The third-order valence-electron chi connectivity index (χ3n) is 5.63. The van der Waals surface area contributed by atoms with Gasteiger partial charge in [0.1, 0.15) is 11.3 Å². The topological polar surface area (TPSA) is 50.4 Å². The second kappa shape index (κ2) is 7.56. The van der Waals surface area contributed by atoms with Crippen molar-refractivity contribution in [2.45, 2.75) is 128 Å². The largest absolute Gasteiger partial charge is 0.340 e. The molecular formula is C21H40N2O2. The van der Waals surface area contributed by atoms with Gasteiger partial charge in [0.05, 0.1) is 0 Å². The second-order valence-corrected chi connectivity index (χ2v) is 9.90. The summed E-state index contributed by atoms with van der Waals surface area (Å²) in [7, 11) is 0. The van der Waals surface area contributed by atoms with Crippen LogP contribution in [0.4, 0.5) is 0 Å². The standard InChI is InChI=1S/C21H40N2O2/c1-7-8-9-10-11-12-13-14-20(6)17(24)22-21(25-20)15-18(2,3)23-19(4,5)16-21/h23H,7-16H2,1-6H3,(H,22,24). The molecule has 2 aliphatic heterocycles. The van der Waals surface area contributed by atoms with Gasteiger partial charge in [-0.2, -0.15) is 0 Å². The number of rotatable bonds is 8. The molecule has 0 aliphatic carbocycles. The highest BCUT2D eigenvalue weighted by molar-refractivity contribution is 5.87. The minimum absolute atomic E-state index is 0.0560. The summed E-state index contributed by atoms with van der Waals surface area (Å²) in [6.45, 7) is 13.0. The first-order valence-corrected chi connectivity index (χ1v) is 10.3. The first-order chi connectivity index (χ1) is 11.5. The predicted octanol–water partition coefficient (Wildman–Crippen LogP) is 4.67. The lowest BCUT2D eigenvalue weighted by Crippen LogP contribution is -2.66. The lowest BCUT2D eigenvalue weighted by molar-refractivity contribution is -0.155. The van der Waals surface area contributed by atoms with Crippen molar-refractivity contribution in [1.82, 2.24) is 10.6 Å². The van der Waals surface area contributed by atoms with E-state index >= 15 is 0 Å². The number of hydrogen-bond acceptors (Lipinski definition) is 3. The van der Waals surface area contributed by atoms with E-state index < -0.39 is 11.3 Å². The zero-order valence-electron chi connectivity index (χ0n) is 17.4. The molecule has 0 radical (unpaired) electrons. The minimum Gasteiger partial charge on any atom is -0.340 e. The first kappa shape index (κ1) is 20.7. The van der Waals surface area contributed by atoms with E-state index in [4.69, 9.17) is 4.74 Å². The normalized spacial score (nSPS) is 29.8. The molecule has 0 saturated carbocycles. The van der Waals surface area contributed by atoms with Gasteiger partial charge in [-0.05, 0) is 41.0 Å². The van der Waals surface area contributed by atoms with Gasteiger partial charge in [0.25, 0.3) is 5.91 Å². The molecule has 1 atom stereocenters. The number of carbonyl (C=O) groups is 1. The number of amides is 1. The third-order valence-corrected chi connectivity index (χ3v) is 5.63. The molecule has 4 heteroatoms. The van der Waals surface area contributed by atoms with Gasteiger partial charge < -0.3 is 15.4 Å². The SMILES string of the molecule is CCCCCCCCCC1(C)OC2(CC(C)(C)NC(C)(C)C2)NC1=O. The molecule has 2 fully saturated rings. The molecule has 1 spiro atoms. The molecule has 4 nitrogen and oxygen atoms in total. The van der Waals surface area contributed by atoms with E-state index in [0.717, 1.165) is 25.7 Å². The van der Waals surface area contributed by atoms with Crippen LogP contribution in [0, 0.1) is 0 Å². The molecule has 25 heavy (non-hydrogen) atoms. The van der Waals surface area contributed by atoms with Crippen LogP contribution in [0.5, 0.6) is 0 Å². The van der Waals surface area contributed by atoms with Crippen LogP contribution in [0.25, 0.3) is 0 Å². The fraction of sp³-hybridized carbons (Fsp3) is 0.952. The van der Waals surface area contributed by atoms with Crippen molar-refractivity contribution >= 4 is 5.91 Å². The summed E-state index contributed by atoms with van der Waals surface area (Å²) in [4.78, 5) is 12.7. The maximum atomic E-state index is 12.7. The van der Waals surface area contributed by atoms with Crippen molar-refractivity contribution in [1.29, 1.82) is 0 Å². The zero-order valence-corrected chi connectivity index (χ0v) is 17.4. The quantitative estimate of drug-likeness (QED) is 0.624. The first-order valence-electron chi connectivity index (χ1n) is 10.3. The Morgan fingerprint density at radius 1 is 0.880 bits per heavy atom. The number of ether oxygens (including phenoxy) is 1. The molecule has 2 N–H and O–H groups in total. The molecule has 2 saturated heterocycles. The van der Waals surface area contributed by atoms with Crippen LogP contribution in [0.1, 0.15) is 106 Å². The number of carbonyl (C=O) groups excluding carboxylic acids is 1. The Morgan fingerprint density at radius 3 is 1.96 bits per heavy atom. The summed E-state index contributed by atoms with van der Waals surface area (Å²) in [6, 6.07) is 0. The van der Waals surface area contributed by atoms with Gasteiger partial charge in [0.2, 0.25) is 0 Å². The highest BCUT2D eigenvalue weighted by atomic mass is 16.6. The van der Waals surface area contributed by atoms with E-state index in [9.17, 15) is 4.79 Å². The van der Waals surface area contributed by atoms with Gasteiger partial charge in [0.15, 0.2) is 0 Å². The van der Waals surface area contributed by atoms with Crippen molar-refractivity contribution in [3.63, 3.8) is 0 Å². The van der Waals surface area contributed by atoms with Crippen LogP contribution in [0.15, 0.2) is 0 Å². The maximum Gasteiger partial charge on any atom is 0.254 e. The molecule has 0 aromatic carbocycles. The van der Waals surface area contributed by atoms with Crippen molar-refractivity contribution in [3.8, 4) is 0 Å². The monoisotopic (exact) mass is 352 g/mol. The van der Waals surface area contributed by atoms with Crippen LogP contribution < -0.4 is 10.6 Å². The summed E-state index contributed by atoms with van der Waals surface area (Å²) in [6.07, 6.45) is 11.2. The van der Waals surface area contributed by atoms with E-state index in [0.29, 0.717) is 0 Å². The van der Waals surface area contributed by atoms with Crippen molar-refractivity contribution in [3.05, 3.63) is 0 Å². The smallest absolute Gasteiger partial charge is 0.254 e. The van der Waals surface area contributed by atoms with Gasteiger partial charge in [-0.3, -0.25) is 4.79 Å². The third kappa shape index (κ3) is 5.43. The Labute approximate surface area is 154 Å². The van der Waals surface area contributed by atoms with Crippen LogP contribution in [0.2, 0.25) is 0 Å². The molecule has 146 valence electrons. The summed E-state index contributed by atoms with van der Waals surface area (Å²) in [5.74, 6) is 0.0759. The summed E-state index contributed by atoms with van der Waals surface area (Å²) < 4.78 is 6.51. The van der Waals surface area contributed by atoms with Crippen molar-refractivity contribution in [2.24, 2.45) is 0 Å². The fourth-order valence-electron chi connectivity index (χ4n) is 5.08. The van der Waals surface area contributed by atoms with E-state index in [1.807, 2.05) is 6.92 Å². The lowest BCUT2D eigenvalue weighted by Gasteiger charge is -2.51. The Balaban J connectivity index is 1.90. The molecule has 2 aliphatic rings. The molecule has 1 unspecified atom stereocenters. The molecule has 2 rings (SSSR count). The molecule has 0 aromatic heterocycles. The summed E-state index contributed by atoms with van der Waals surface area (Å²) in [5, 5.41) is 6.91. The number of hydrogen-bond donors (Lipinski definition) is 2. The maximum absolute atomic E-state index is 12.7. The Hall–Kier alpha value is -0.610. The average molecular weight is 353 g/mol. The second-order valence-electron chi connectivity index (χ2n) is 9.90. The zero-order chi connectivity index (χ0) is 18.8. The molecule has 0 aromatic rings. The predicted molar refractivity (Wildman–Crippen MR) is 104 cm³/mol. The van der Waals surface area contributed by atoms with Gasteiger partial charge in [-0.15, -0.1) is 0 Å². The Kier molecular flexibility index (Phi) is 6.26. The van der Waals surface area contributed by atoms with Crippen LogP contribution >= 0.6 is 0 Å². The van der Waals surface area contributed by atoms with Gasteiger partial charge in [-0.1, -0.05) is 51.9 Å². The minimum atomic E-state index is -0.674. The van der Waals surface area contributed by atoms with Crippen LogP contribution in [-0.2, 0) is 9.53 Å². The van der Waals surface area contributed by atoms with E-state index in [1.165, 1.54) is 38.5 Å². The lowest BCUT2D eigenvalue weighted by atomic mass is 9.77. The van der Waals surface area contributed by atoms with E-state index in [2.05, 4.69) is 45.3 Å². The summed E-state index contributed by atoms with van der Waals surface area (Å²) >= 11 is 0. The van der Waals surface area contributed by atoms with Crippen molar-refractivity contribution < 1.29 is 9.53 Å². The van der Waals surface area contributed by atoms with Gasteiger partial charge in [-0.25, -0.2) is 0 Å². The van der Waals surface area contributed by atoms with Crippen molar-refractivity contribution in [2.75, 3.05) is 0 Å². The average Bonchev–Trinajstić information content (AvgIpc) is 2.64. The number of unbranched alkanes of at least 4 members (excludes halogenated alkanes) is 6. The summed E-state index contributed by atoms with van der Waals surface area (Å²) in [5.41, 5.74) is -1.31. The fourth-order valence-corrected chi connectivity index (χ4v) is 5.08.